The van der Waals surface area contributed by atoms with Crippen LogP contribution in [-0.4, -0.2) is 34.5 Å². The van der Waals surface area contributed by atoms with Gasteiger partial charge in [-0.05, 0) is 49.1 Å². The molecule has 1 N–H and O–H groups in total. The Morgan fingerprint density at radius 2 is 1.86 bits per heavy atom. The second kappa shape index (κ2) is 7.87. The van der Waals surface area contributed by atoms with Gasteiger partial charge in [0.1, 0.15) is 0 Å². The van der Waals surface area contributed by atoms with Gasteiger partial charge in [-0.25, -0.2) is 4.98 Å². The van der Waals surface area contributed by atoms with Crippen molar-refractivity contribution in [1.82, 2.24) is 14.9 Å². The second-order valence-corrected chi connectivity index (χ2v) is 7.99. The van der Waals surface area contributed by atoms with E-state index in [9.17, 15) is 4.79 Å². The molecule has 6 heteroatoms. The lowest BCUT2D eigenvalue weighted by atomic mass is 10.1. The summed E-state index contributed by atoms with van der Waals surface area (Å²) >= 11 is 0. The molecule has 29 heavy (non-hydrogen) atoms. The number of rotatable bonds is 4. The zero-order valence-corrected chi connectivity index (χ0v) is 16.6. The highest BCUT2D eigenvalue weighted by Crippen LogP contribution is 2.23. The summed E-state index contributed by atoms with van der Waals surface area (Å²) in [7, 11) is 0. The Hall–Kier alpha value is -2.86. The van der Waals surface area contributed by atoms with Crippen LogP contribution in [0.4, 0.5) is 5.69 Å². The normalized spacial score (nSPS) is 17.3. The molecule has 4 heterocycles. The van der Waals surface area contributed by atoms with Crippen LogP contribution in [0.25, 0.3) is 11.6 Å². The zero-order valence-electron chi connectivity index (χ0n) is 16.6. The number of nitrogens with zero attached hydrogens (tertiary/aromatic N) is 3. The molecule has 0 bridgehead atoms. The maximum Gasteiger partial charge on any atom is 0.256 e. The largest absolute Gasteiger partial charge is 0.461 e. The molecule has 0 atom stereocenters. The fourth-order valence-corrected chi connectivity index (χ4v) is 4.37. The Labute approximate surface area is 170 Å². The smallest absolute Gasteiger partial charge is 0.256 e. The molecule has 5 rings (SSSR count). The number of furan rings is 1. The highest BCUT2D eigenvalue weighted by Gasteiger charge is 2.22. The second-order valence-electron chi connectivity index (χ2n) is 7.99. The van der Waals surface area contributed by atoms with Gasteiger partial charge in [-0.15, -0.1) is 0 Å². The van der Waals surface area contributed by atoms with Crippen LogP contribution in [0, 0.1) is 0 Å². The van der Waals surface area contributed by atoms with E-state index in [0.29, 0.717) is 18.1 Å². The first-order valence-electron chi connectivity index (χ1n) is 10.5. The van der Waals surface area contributed by atoms with E-state index in [0.717, 1.165) is 43.9 Å². The number of H-pyrrole nitrogens is 1. The van der Waals surface area contributed by atoms with E-state index in [2.05, 4.69) is 44.0 Å². The minimum atomic E-state index is -0.0634. The Morgan fingerprint density at radius 3 is 2.62 bits per heavy atom. The monoisotopic (exact) mass is 390 g/mol. The van der Waals surface area contributed by atoms with E-state index in [1.54, 1.807) is 12.3 Å². The Balaban J connectivity index is 1.28. The third-order valence-corrected chi connectivity index (χ3v) is 5.97. The van der Waals surface area contributed by atoms with Gasteiger partial charge in [0.25, 0.3) is 5.56 Å². The lowest BCUT2D eigenvalue weighted by Crippen LogP contribution is -2.35. The molecule has 0 aliphatic carbocycles. The van der Waals surface area contributed by atoms with Gasteiger partial charge in [0.2, 0.25) is 0 Å². The van der Waals surface area contributed by atoms with Gasteiger partial charge in [-0.2, -0.15) is 0 Å². The Bertz CT molecular complexity index is 1020. The van der Waals surface area contributed by atoms with Crippen molar-refractivity contribution in [3.63, 3.8) is 0 Å². The van der Waals surface area contributed by atoms with E-state index in [-0.39, 0.29) is 5.56 Å². The summed E-state index contributed by atoms with van der Waals surface area (Å²) in [5.74, 6) is 1.11. The average molecular weight is 390 g/mol. The van der Waals surface area contributed by atoms with E-state index in [4.69, 9.17) is 4.42 Å². The molecule has 2 aliphatic rings. The van der Waals surface area contributed by atoms with E-state index >= 15 is 0 Å². The quantitative estimate of drug-likeness (QED) is 0.738. The fourth-order valence-electron chi connectivity index (χ4n) is 4.37. The summed E-state index contributed by atoms with van der Waals surface area (Å²) in [5, 5.41) is 0. The summed E-state index contributed by atoms with van der Waals surface area (Å²) in [4.78, 5) is 24.9. The lowest BCUT2D eigenvalue weighted by Gasteiger charge is -2.30. The number of aromatic amines is 1. The van der Waals surface area contributed by atoms with Crippen molar-refractivity contribution < 1.29 is 4.42 Å². The van der Waals surface area contributed by atoms with Gasteiger partial charge < -0.3 is 14.3 Å². The van der Waals surface area contributed by atoms with Gasteiger partial charge in [-0.1, -0.05) is 12.1 Å². The van der Waals surface area contributed by atoms with Crippen LogP contribution in [-0.2, 0) is 19.5 Å². The number of hydrogen-bond donors (Lipinski definition) is 1. The molecule has 1 saturated heterocycles. The molecule has 0 amide bonds. The van der Waals surface area contributed by atoms with Crippen molar-refractivity contribution in [3.8, 4) is 11.6 Å². The number of aromatic nitrogens is 2. The van der Waals surface area contributed by atoms with Crippen LogP contribution < -0.4 is 10.5 Å². The van der Waals surface area contributed by atoms with Crippen molar-refractivity contribution in [1.29, 1.82) is 0 Å². The van der Waals surface area contributed by atoms with Crippen LogP contribution in [0.1, 0.15) is 36.1 Å². The van der Waals surface area contributed by atoms with Crippen LogP contribution in [0.3, 0.4) is 0 Å². The highest BCUT2D eigenvalue weighted by molar-refractivity contribution is 5.48. The average Bonchev–Trinajstić information content (AvgIpc) is 3.30. The van der Waals surface area contributed by atoms with Crippen LogP contribution in [0.2, 0.25) is 0 Å². The number of hydrogen-bond acceptors (Lipinski definition) is 5. The van der Waals surface area contributed by atoms with Crippen molar-refractivity contribution in [2.24, 2.45) is 0 Å². The molecule has 1 fully saturated rings. The molecule has 2 aromatic heterocycles. The predicted molar refractivity (Wildman–Crippen MR) is 113 cm³/mol. The van der Waals surface area contributed by atoms with Crippen LogP contribution in [0.15, 0.2) is 51.9 Å². The molecule has 2 aliphatic heterocycles. The van der Waals surface area contributed by atoms with Crippen LogP contribution in [0.5, 0.6) is 0 Å². The minimum Gasteiger partial charge on any atom is -0.461 e. The van der Waals surface area contributed by atoms with Gasteiger partial charge in [0, 0.05) is 44.8 Å². The predicted octanol–water partition coefficient (Wildman–Crippen LogP) is 3.58. The molecule has 6 nitrogen and oxygen atoms in total. The summed E-state index contributed by atoms with van der Waals surface area (Å²) in [5.41, 5.74) is 4.20. The van der Waals surface area contributed by atoms with Crippen LogP contribution >= 0.6 is 0 Å². The van der Waals surface area contributed by atoms with E-state index < -0.39 is 0 Å². The Morgan fingerprint density at radius 1 is 1.03 bits per heavy atom. The molecule has 0 spiro atoms. The fraction of sp³-hybridized carbons (Fsp3) is 0.391. The van der Waals surface area contributed by atoms with E-state index in [1.165, 1.54) is 30.5 Å². The number of fused-ring (bicyclic) bond motifs is 1. The molecule has 0 unspecified atom stereocenters. The summed E-state index contributed by atoms with van der Waals surface area (Å²) in [6.07, 6.45) is 6.30. The first kappa shape index (κ1) is 18.2. The molecular weight excluding hydrogens is 364 g/mol. The third-order valence-electron chi connectivity index (χ3n) is 5.97. The Kier molecular flexibility index (Phi) is 4.94. The lowest BCUT2D eigenvalue weighted by molar-refractivity contribution is 0.242. The number of anilines is 1. The molecule has 150 valence electrons. The standard InChI is InChI=1S/C23H26N4O2/c28-23-19-16-26(13-10-20(19)24-22(25-23)21-5-4-14-29-21)15-17-6-8-18(9-7-17)27-11-2-1-3-12-27/h4-9,14H,1-3,10-13,15-16H2,(H,24,25,28). The molecule has 0 radical (unpaired) electrons. The van der Waals surface area contributed by atoms with E-state index in [1.807, 2.05) is 6.07 Å². The number of nitrogens with one attached hydrogen (secondary N) is 1. The summed E-state index contributed by atoms with van der Waals surface area (Å²) < 4.78 is 5.37. The highest BCUT2D eigenvalue weighted by atomic mass is 16.3. The zero-order chi connectivity index (χ0) is 19.6. The van der Waals surface area contributed by atoms with Gasteiger partial charge in [-0.3, -0.25) is 9.69 Å². The van der Waals surface area contributed by atoms with Crippen molar-refractivity contribution >= 4 is 5.69 Å². The molecular formula is C23H26N4O2. The molecule has 3 aromatic rings. The van der Waals surface area contributed by atoms with Crippen molar-refractivity contribution in [3.05, 3.63) is 69.8 Å². The third kappa shape index (κ3) is 3.85. The molecule has 0 saturated carbocycles. The number of piperidine rings is 1. The topological polar surface area (TPSA) is 65.4 Å². The van der Waals surface area contributed by atoms with Gasteiger partial charge >= 0.3 is 0 Å². The number of benzene rings is 1. The maximum absolute atomic E-state index is 12.6. The van der Waals surface area contributed by atoms with Crippen molar-refractivity contribution in [2.75, 3.05) is 24.5 Å². The summed E-state index contributed by atoms with van der Waals surface area (Å²) in [6.45, 7) is 4.70. The first-order valence-corrected chi connectivity index (χ1v) is 10.5. The minimum absolute atomic E-state index is 0.0634. The maximum atomic E-state index is 12.6. The van der Waals surface area contributed by atoms with Gasteiger partial charge in [0.15, 0.2) is 11.6 Å². The summed E-state index contributed by atoms with van der Waals surface area (Å²) in [6, 6.07) is 12.5. The first-order chi connectivity index (χ1) is 14.3. The SMILES string of the molecule is O=c1[nH]c(-c2ccco2)nc2c1CN(Cc1ccc(N3CCCCC3)cc1)CC2. The molecule has 1 aromatic carbocycles. The van der Waals surface area contributed by atoms with Gasteiger partial charge in [0.05, 0.1) is 17.5 Å². The van der Waals surface area contributed by atoms with Crippen molar-refractivity contribution in [2.45, 2.75) is 38.8 Å².